The van der Waals surface area contributed by atoms with Crippen LogP contribution in [-0.2, 0) is 20.6 Å². The molecule has 4 aromatic rings. The molecule has 198 valence electrons. The molecule has 0 radical (unpaired) electrons. The molecule has 3 heterocycles. The number of imidazole rings is 1. The Balaban J connectivity index is 1.44. The first-order valence-corrected chi connectivity index (χ1v) is 13.6. The lowest BCUT2D eigenvalue weighted by Gasteiger charge is -2.37. The van der Waals surface area contributed by atoms with Crippen LogP contribution in [0.2, 0.25) is 0 Å². The molecule has 0 saturated carbocycles. The largest absolute Gasteiger partial charge is 0.345 e. The molecule has 0 amide bonds. The van der Waals surface area contributed by atoms with Gasteiger partial charge < -0.3 is 15.1 Å². The molecule has 9 nitrogen and oxygen atoms in total. The molecular weight excluding hydrogens is 566 g/mol. The normalized spacial score (nSPS) is 13.8. The second-order valence-corrected chi connectivity index (χ2v) is 11.0. The summed E-state index contributed by atoms with van der Waals surface area (Å²) in [6.07, 6.45) is 0. The molecular formula is C27H30BrN7O2S. The number of hydrogen-bond acceptors (Lipinski definition) is 5. The SMILES string of the molecule is Cc1ccc(NC(=S)N2CCN(c3nc4c(c(=O)n(C)c(=O)n4C)n3Cc3ccc(Br)cc3)CC2)c(C)c1. The van der Waals surface area contributed by atoms with Crippen molar-refractivity contribution in [2.45, 2.75) is 20.4 Å². The van der Waals surface area contributed by atoms with Gasteiger partial charge in [-0.25, -0.2) is 4.79 Å². The summed E-state index contributed by atoms with van der Waals surface area (Å²) in [5.74, 6) is 0.675. The maximum Gasteiger partial charge on any atom is 0.332 e. The molecule has 11 heteroatoms. The number of aryl methyl sites for hydroxylation is 3. The lowest BCUT2D eigenvalue weighted by atomic mass is 10.1. The molecule has 1 fully saturated rings. The molecule has 2 aromatic heterocycles. The maximum atomic E-state index is 13.3. The number of halogens is 1. The van der Waals surface area contributed by atoms with Crippen LogP contribution < -0.4 is 21.5 Å². The Labute approximate surface area is 234 Å². The predicted molar refractivity (Wildman–Crippen MR) is 159 cm³/mol. The van der Waals surface area contributed by atoms with E-state index in [4.69, 9.17) is 17.2 Å². The van der Waals surface area contributed by atoms with Crippen molar-refractivity contribution < 1.29 is 0 Å². The zero-order chi connectivity index (χ0) is 27.1. The van der Waals surface area contributed by atoms with E-state index in [1.807, 2.05) is 28.8 Å². The number of anilines is 2. The number of rotatable bonds is 4. The molecule has 0 bridgehead atoms. The van der Waals surface area contributed by atoms with E-state index in [1.54, 1.807) is 7.05 Å². The van der Waals surface area contributed by atoms with Gasteiger partial charge in [0.1, 0.15) is 0 Å². The highest BCUT2D eigenvalue weighted by molar-refractivity contribution is 9.10. The third-order valence-electron chi connectivity index (χ3n) is 7.06. The number of aromatic nitrogens is 4. The summed E-state index contributed by atoms with van der Waals surface area (Å²) in [5, 5.41) is 4.08. The maximum absolute atomic E-state index is 13.3. The van der Waals surface area contributed by atoms with Crippen LogP contribution in [0.5, 0.6) is 0 Å². The fraction of sp³-hybridized carbons (Fsp3) is 0.333. The van der Waals surface area contributed by atoms with Crippen molar-refractivity contribution in [3.05, 3.63) is 84.5 Å². The van der Waals surface area contributed by atoms with Crippen LogP contribution >= 0.6 is 28.1 Å². The van der Waals surface area contributed by atoms with Gasteiger partial charge in [-0.2, -0.15) is 4.98 Å². The number of thiocarbonyl (C=S) groups is 1. The van der Waals surface area contributed by atoms with E-state index in [2.05, 4.69) is 63.1 Å². The fourth-order valence-corrected chi connectivity index (χ4v) is 5.41. The first-order chi connectivity index (χ1) is 18.1. The second-order valence-electron chi connectivity index (χ2n) is 9.73. The number of nitrogens with one attached hydrogen (secondary N) is 1. The van der Waals surface area contributed by atoms with E-state index in [-0.39, 0.29) is 5.56 Å². The summed E-state index contributed by atoms with van der Waals surface area (Å²) in [7, 11) is 3.16. The summed E-state index contributed by atoms with van der Waals surface area (Å²) in [6.45, 7) is 7.36. The van der Waals surface area contributed by atoms with Crippen LogP contribution in [0.1, 0.15) is 16.7 Å². The van der Waals surface area contributed by atoms with Gasteiger partial charge in [0.15, 0.2) is 16.3 Å². The van der Waals surface area contributed by atoms with E-state index in [9.17, 15) is 9.59 Å². The van der Waals surface area contributed by atoms with E-state index >= 15 is 0 Å². The van der Waals surface area contributed by atoms with Gasteiger partial charge in [0.2, 0.25) is 5.95 Å². The van der Waals surface area contributed by atoms with E-state index in [1.165, 1.54) is 17.2 Å². The molecule has 38 heavy (non-hydrogen) atoms. The Kier molecular flexibility index (Phi) is 7.15. The Morgan fingerprint density at radius 1 is 1.00 bits per heavy atom. The molecule has 0 atom stereocenters. The summed E-state index contributed by atoms with van der Waals surface area (Å²) >= 11 is 9.22. The van der Waals surface area contributed by atoms with Crippen molar-refractivity contribution in [1.29, 1.82) is 0 Å². The van der Waals surface area contributed by atoms with Crippen LogP contribution in [0.4, 0.5) is 11.6 Å². The van der Waals surface area contributed by atoms with Crippen molar-refractivity contribution in [3.63, 3.8) is 0 Å². The smallest absolute Gasteiger partial charge is 0.332 e. The Bertz CT molecular complexity index is 1650. The molecule has 1 saturated heterocycles. The zero-order valence-corrected chi connectivity index (χ0v) is 24.3. The van der Waals surface area contributed by atoms with Gasteiger partial charge in [0.05, 0.1) is 6.54 Å². The Hall–Kier alpha value is -3.44. The second kappa shape index (κ2) is 10.4. The number of nitrogens with zero attached hydrogens (tertiary/aromatic N) is 6. The van der Waals surface area contributed by atoms with Crippen LogP contribution in [-0.4, -0.2) is 54.9 Å². The number of piperazine rings is 1. The molecule has 0 aliphatic carbocycles. The highest BCUT2D eigenvalue weighted by atomic mass is 79.9. The highest BCUT2D eigenvalue weighted by Gasteiger charge is 2.26. The number of fused-ring (bicyclic) bond motifs is 1. The van der Waals surface area contributed by atoms with Crippen LogP contribution in [0.15, 0.2) is 56.5 Å². The molecule has 5 rings (SSSR count). The lowest BCUT2D eigenvalue weighted by Crippen LogP contribution is -2.50. The first kappa shape index (κ1) is 26.2. The monoisotopic (exact) mass is 595 g/mol. The molecule has 2 aromatic carbocycles. The minimum Gasteiger partial charge on any atom is -0.345 e. The van der Waals surface area contributed by atoms with Crippen LogP contribution in [0.25, 0.3) is 11.2 Å². The van der Waals surface area contributed by atoms with E-state index in [0.717, 1.165) is 25.9 Å². The summed E-state index contributed by atoms with van der Waals surface area (Å²) in [6, 6.07) is 14.2. The quantitative estimate of drug-likeness (QED) is 0.362. The lowest BCUT2D eigenvalue weighted by molar-refractivity contribution is 0.386. The van der Waals surface area contributed by atoms with Gasteiger partial charge in [0, 0.05) is 50.4 Å². The minimum absolute atomic E-state index is 0.351. The van der Waals surface area contributed by atoms with Crippen molar-refractivity contribution in [1.82, 2.24) is 23.6 Å². The van der Waals surface area contributed by atoms with Crippen molar-refractivity contribution in [3.8, 4) is 0 Å². The average Bonchev–Trinajstić information content (AvgIpc) is 3.28. The summed E-state index contributed by atoms with van der Waals surface area (Å²) < 4.78 is 5.50. The summed E-state index contributed by atoms with van der Waals surface area (Å²) in [5.41, 5.74) is 4.47. The number of hydrogen-bond donors (Lipinski definition) is 1. The topological polar surface area (TPSA) is 80.3 Å². The fourth-order valence-electron chi connectivity index (χ4n) is 4.86. The third kappa shape index (κ3) is 4.88. The van der Waals surface area contributed by atoms with Gasteiger partial charge >= 0.3 is 5.69 Å². The average molecular weight is 597 g/mol. The molecule has 1 aliphatic rings. The van der Waals surface area contributed by atoms with E-state index < -0.39 is 5.69 Å². The Morgan fingerprint density at radius 3 is 2.34 bits per heavy atom. The van der Waals surface area contributed by atoms with Gasteiger partial charge in [-0.1, -0.05) is 45.8 Å². The van der Waals surface area contributed by atoms with E-state index in [0.29, 0.717) is 54.9 Å². The first-order valence-electron chi connectivity index (χ1n) is 12.4. The van der Waals surface area contributed by atoms with Gasteiger partial charge in [-0.15, -0.1) is 0 Å². The van der Waals surface area contributed by atoms with Crippen LogP contribution in [0, 0.1) is 13.8 Å². The van der Waals surface area contributed by atoms with Crippen LogP contribution in [0.3, 0.4) is 0 Å². The molecule has 0 spiro atoms. The van der Waals surface area contributed by atoms with Gasteiger partial charge in [-0.3, -0.25) is 18.5 Å². The van der Waals surface area contributed by atoms with Gasteiger partial charge in [0.25, 0.3) is 5.56 Å². The van der Waals surface area contributed by atoms with Crippen molar-refractivity contribution in [2.75, 3.05) is 36.4 Å². The zero-order valence-electron chi connectivity index (χ0n) is 21.9. The Morgan fingerprint density at radius 2 is 1.68 bits per heavy atom. The van der Waals surface area contributed by atoms with Crippen molar-refractivity contribution >= 4 is 56.1 Å². The highest BCUT2D eigenvalue weighted by Crippen LogP contribution is 2.24. The number of benzene rings is 2. The van der Waals surface area contributed by atoms with Gasteiger partial charge in [-0.05, 0) is 55.4 Å². The minimum atomic E-state index is -0.394. The standard InChI is InChI=1S/C27H30BrN7O2S/c1-17-5-10-21(18(2)15-17)29-26(38)34-13-11-33(12-14-34)25-30-23-22(24(36)32(4)27(37)31(23)3)35(25)16-19-6-8-20(28)9-7-19/h5-10,15H,11-14,16H2,1-4H3,(H,29,38). The predicted octanol–water partition coefficient (Wildman–Crippen LogP) is 3.38. The third-order valence-corrected chi connectivity index (χ3v) is 7.94. The van der Waals surface area contributed by atoms with Crippen molar-refractivity contribution in [2.24, 2.45) is 14.1 Å². The molecule has 1 N–H and O–H groups in total. The molecule has 0 unspecified atom stereocenters. The molecule has 1 aliphatic heterocycles. The summed E-state index contributed by atoms with van der Waals surface area (Å²) in [4.78, 5) is 35.0.